The number of carbonyl (C=O) groups is 2. The first-order valence-corrected chi connectivity index (χ1v) is 8.73. The van der Waals surface area contributed by atoms with Crippen molar-refractivity contribution in [1.82, 2.24) is 4.90 Å². The molecule has 1 aliphatic heterocycles. The van der Waals surface area contributed by atoms with E-state index < -0.39 is 0 Å². The molecule has 0 aromatic heterocycles. The van der Waals surface area contributed by atoms with Crippen molar-refractivity contribution in [2.45, 2.75) is 39.2 Å². The molecule has 0 spiro atoms. The molecule has 2 fully saturated rings. The van der Waals surface area contributed by atoms with Gasteiger partial charge in [0.25, 0.3) is 5.91 Å². The highest BCUT2D eigenvalue weighted by Gasteiger charge is 2.37. The number of nitrogens with zero attached hydrogens (tertiary/aromatic N) is 2. The maximum atomic E-state index is 13.1. The maximum absolute atomic E-state index is 13.1. The molecule has 1 saturated heterocycles. The second-order valence-electron chi connectivity index (χ2n) is 7.80. The van der Waals surface area contributed by atoms with E-state index in [0.29, 0.717) is 24.3 Å². The second-order valence-corrected chi connectivity index (χ2v) is 7.80. The van der Waals surface area contributed by atoms with E-state index >= 15 is 0 Å². The number of anilines is 1. The van der Waals surface area contributed by atoms with Gasteiger partial charge < -0.3 is 15.5 Å². The molecule has 1 saturated carbocycles. The Morgan fingerprint density at radius 2 is 1.84 bits per heavy atom. The van der Waals surface area contributed by atoms with Crippen LogP contribution in [0.3, 0.4) is 0 Å². The number of carbonyl (C=O) groups excluding carboxylic acids is 2. The van der Waals surface area contributed by atoms with Gasteiger partial charge in [-0.3, -0.25) is 9.59 Å². The normalized spacial score (nSPS) is 22.1. The summed E-state index contributed by atoms with van der Waals surface area (Å²) >= 11 is 0. The van der Waals surface area contributed by atoms with Gasteiger partial charge in [0.15, 0.2) is 0 Å². The zero-order valence-corrected chi connectivity index (χ0v) is 16.0. The monoisotopic (exact) mass is 365 g/mol. The zero-order valence-electron chi connectivity index (χ0n) is 15.2. The Labute approximate surface area is 155 Å². The van der Waals surface area contributed by atoms with Crippen molar-refractivity contribution >= 4 is 29.9 Å². The molecule has 5 nitrogen and oxygen atoms in total. The van der Waals surface area contributed by atoms with Crippen LogP contribution in [0.1, 0.15) is 43.5 Å². The van der Waals surface area contributed by atoms with Crippen LogP contribution in [-0.2, 0) is 4.79 Å². The minimum absolute atomic E-state index is 0. The summed E-state index contributed by atoms with van der Waals surface area (Å²) in [6.45, 7) is 5.51. The minimum Gasteiger partial charge on any atom is -0.338 e. The average molecular weight is 366 g/mol. The number of hydrogen-bond donors (Lipinski definition) is 1. The van der Waals surface area contributed by atoms with Crippen LogP contribution in [0.25, 0.3) is 0 Å². The van der Waals surface area contributed by atoms with Crippen molar-refractivity contribution in [1.29, 1.82) is 0 Å². The first-order valence-electron chi connectivity index (χ1n) is 8.73. The molecule has 1 aliphatic carbocycles. The Kier molecular flexibility index (Phi) is 5.79. The number of piperidine rings is 1. The Bertz CT molecular complexity index is 658. The first-order chi connectivity index (χ1) is 11.3. The van der Waals surface area contributed by atoms with Crippen molar-refractivity contribution in [2.24, 2.45) is 17.1 Å². The predicted molar refractivity (Wildman–Crippen MR) is 102 cm³/mol. The third-order valence-corrected chi connectivity index (χ3v) is 5.35. The van der Waals surface area contributed by atoms with E-state index in [-0.39, 0.29) is 41.6 Å². The van der Waals surface area contributed by atoms with Crippen LogP contribution in [0.4, 0.5) is 5.69 Å². The second kappa shape index (κ2) is 7.34. The number of hydrogen-bond acceptors (Lipinski definition) is 3. The largest absolute Gasteiger partial charge is 0.338 e. The number of para-hydroxylation sites is 1. The molecule has 2 amide bonds. The zero-order chi connectivity index (χ0) is 17.5. The molecule has 1 heterocycles. The van der Waals surface area contributed by atoms with Crippen molar-refractivity contribution in [3.8, 4) is 0 Å². The Morgan fingerprint density at radius 3 is 2.44 bits per heavy atom. The van der Waals surface area contributed by atoms with E-state index in [2.05, 4.69) is 13.8 Å². The molecule has 0 radical (unpaired) electrons. The van der Waals surface area contributed by atoms with Crippen LogP contribution < -0.4 is 10.6 Å². The van der Waals surface area contributed by atoms with Crippen molar-refractivity contribution in [2.75, 3.05) is 25.0 Å². The third-order valence-electron chi connectivity index (χ3n) is 5.35. The van der Waals surface area contributed by atoms with Crippen LogP contribution >= 0.6 is 12.4 Å². The smallest absolute Gasteiger partial charge is 0.255 e. The molecule has 2 aliphatic rings. The van der Waals surface area contributed by atoms with E-state index in [9.17, 15) is 9.59 Å². The lowest BCUT2D eigenvalue weighted by Crippen LogP contribution is -2.54. The summed E-state index contributed by atoms with van der Waals surface area (Å²) in [5.41, 5.74) is 7.38. The fourth-order valence-electron chi connectivity index (χ4n) is 3.39. The highest BCUT2D eigenvalue weighted by Crippen LogP contribution is 2.34. The first kappa shape index (κ1) is 19.7. The summed E-state index contributed by atoms with van der Waals surface area (Å²) < 4.78 is 0. The number of nitrogens with two attached hydrogens (primary N) is 1. The molecular formula is C19H28ClN3O2. The minimum atomic E-state index is -0.0986. The summed E-state index contributed by atoms with van der Waals surface area (Å²) in [4.78, 5) is 29.0. The van der Waals surface area contributed by atoms with Crippen LogP contribution in [0.5, 0.6) is 0 Å². The van der Waals surface area contributed by atoms with Gasteiger partial charge in [0.05, 0.1) is 11.3 Å². The van der Waals surface area contributed by atoms with E-state index in [1.54, 1.807) is 11.9 Å². The van der Waals surface area contributed by atoms with Gasteiger partial charge in [0.2, 0.25) is 5.91 Å². The average Bonchev–Trinajstić information content (AvgIpc) is 3.40. The summed E-state index contributed by atoms with van der Waals surface area (Å²) in [7, 11) is 1.77. The molecule has 2 N–H and O–H groups in total. The van der Waals surface area contributed by atoms with Gasteiger partial charge in [0.1, 0.15) is 0 Å². The van der Waals surface area contributed by atoms with Gasteiger partial charge in [-0.1, -0.05) is 26.0 Å². The Balaban J connectivity index is 0.00000225. The van der Waals surface area contributed by atoms with Crippen LogP contribution in [0.2, 0.25) is 0 Å². The lowest BCUT2D eigenvalue weighted by Gasteiger charge is -2.42. The highest BCUT2D eigenvalue weighted by atomic mass is 35.5. The van der Waals surface area contributed by atoms with Gasteiger partial charge in [-0.2, -0.15) is 0 Å². The molecule has 1 atom stereocenters. The summed E-state index contributed by atoms with van der Waals surface area (Å²) in [6, 6.07) is 7.51. The maximum Gasteiger partial charge on any atom is 0.255 e. The third kappa shape index (κ3) is 3.98. The Hall–Kier alpha value is -1.59. The van der Waals surface area contributed by atoms with Crippen LogP contribution in [-0.4, -0.2) is 42.9 Å². The molecule has 1 unspecified atom stereocenters. The van der Waals surface area contributed by atoms with Crippen molar-refractivity contribution in [3.05, 3.63) is 29.8 Å². The van der Waals surface area contributed by atoms with Crippen molar-refractivity contribution < 1.29 is 9.59 Å². The number of amides is 2. The number of halogens is 1. The molecule has 1 aromatic rings. The van der Waals surface area contributed by atoms with Gasteiger partial charge in [-0.05, 0) is 36.8 Å². The van der Waals surface area contributed by atoms with E-state index in [1.807, 2.05) is 29.2 Å². The van der Waals surface area contributed by atoms with Crippen molar-refractivity contribution in [3.63, 3.8) is 0 Å². The highest BCUT2D eigenvalue weighted by molar-refractivity contribution is 6.05. The number of benzene rings is 1. The van der Waals surface area contributed by atoms with Crippen LogP contribution in [0.15, 0.2) is 24.3 Å². The number of rotatable bonds is 3. The lowest BCUT2D eigenvalue weighted by atomic mass is 9.79. The van der Waals surface area contributed by atoms with Gasteiger partial charge in [0, 0.05) is 32.1 Å². The molecule has 0 bridgehead atoms. The summed E-state index contributed by atoms with van der Waals surface area (Å²) in [5.74, 6) is 0.224. The summed E-state index contributed by atoms with van der Waals surface area (Å²) in [5, 5.41) is 0. The quantitative estimate of drug-likeness (QED) is 0.895. The van der Waals surface area contributed by atoms with Gasteiger partial charge in [-0.25, -0.2) is 0 Å². The molecule has 3 rings (SSSR count). The van der Waals surface area contributed by atoms with E-state index in [1.165, 1.54) is 0 Å². The molecule has 25 heavy (non-hydrogen) atoms. The molecular weight excluding hydrogens is 338 g/mol. The summed E-state index contributed by atoms with van der Waals surface area (Å²) in [6.07, 6.45) is 2.72. The van der Waals surface area contributed by atoms with E-state index in [4.69, 9.17) is 5.73 Å². The fourth-order valence-corrected chi connectivity index (χ4v) is 3.39. The topological polar surface area (TPSA) is 66.6 Å². The van der Waals surface area contributed by atoms with Gasteiger partial charge in [-0.15, -0.1) is 12.4 Å². The predicted octanol–water partition coefficient (Wildman–Crippen LogP) is 2.68. The van der Waals surface area contributed by atoms with E-state index in [0.717, 1.165) is 19.3 Å². The van der Waals surface area contributed by atoms with Crippen LogP contribution in [0, 0.1) is 11.3 Å². The standard InChI is InChI=1S/C19H27N3O2.ClH/c1-19(2)12-22(11-10-16(19)20)18(24)14-6-4-5-7-15(14)21(3)17(23)13-8-9-13;/h4-7,13,16H,8-12,20H2,1-3H3;1H. The molecule has 6 heteroatoms. The molecule has 1 aromatic carbocycles. The SMILES string of the molecule is CN(C(=O)C1CC1)c1ccccc1C(=O)N1CCC(N)C(C)(C)C1.Cl. The lowest BCUT2D eigenvalue weighted by molar-refractivity contribution is -0.119. The fraction of sp³-hybridized carbons (Fsp3) is 0.579. The number of likely N-dealkylation sites (tertiary alicyclic amines) is 1. The molecule has 138 valence electrons. The Morgan fingerprint density at radius 1 is 1.20 bits per heavy atom. The van der Waals surface area contributed by atoms with Gasteiger partial charge >= 0.3 is 0 Å².